The molecule has 0 radical (unpaired) electrons. The third kappa shape index (κ3) is 2.07. The van der Waals surface area contributed by atoms with Crippen LogP contribution in [0.4, 0.5) is 0 Å². The summed E-state index contributed by atoms with van der Waals surface area (Å²) >= 11 is 0. The maximum atomic E-state index is 12.1. The van der Waals surface area contributed by atoms with Crippen LogP contribution in [0.25, 0.3) is 11.0 Å². The summed E-state index contributed by atoms with van der Waals surface area (Å²) in [5, 5.41) is 9.16. The maximum Gasteiger partial charge on any atom is 0.337 e. The van der Waals surface area contributed by atoms with E-state index in [1.54, 1.807) is 16.7 Å². The Balaban J connectivity index is 2.14. The van der Waals surface area contributed by atoms with Gasteiger partial charge in [-0.2, -0.15) is 0 Å². The monoisotopic (exact) mass is 294 g/mol. The normalized spacial score (nSPS) is 23.0. The number of fused-ring (bicyclic) bond motifs is 1. The van der Waals surface area contributed by atoms with Crippen molar-refractivity contribution in [2.75, 3.05) is 11.5 Å². The Morgan fingerprint density at radius 1 is 1.35 bits per heavy atom. The molecule has 1 aromatic carbocycles. The first-order chi connectivity index (χ1) is 9.58. The number of para-hydroxylation sites is 1. The zero-order valence-corrected chi connectivity index (χ0v) is 11.5. The van der Waals surface area contributed by atoms with Gasteiger partial charge in [0.15, 0.2) is 0 Å². The Hall–Kier alpha value is -1.89. The van der Waals surface area contributed by atoms with Crippen LogP contribution >= 0.6 is 0 Å². The van der Waals surface area contributed by atoms with Gasteiger partial charge in [-0.25, -0.2) is 9.59 Å². The van der Waals surface area contributed by atoms with E-state index < -0.39 is 16.8 Å². The third-order valence-corrected chi connectivity index (χ3v) is 5.09. The van der Waals surface area contributed by atoms with Gasteiger partial charge in [0.25, 0.3) is 0 Å². The van der Waals surface area contributed by atoms with Crippen LogP contribution in [0.1, 0.15) is 29.2 Å². The second-order valence-corrected chi connectivity index (χ2v) is 6.58. The maximum absolute atomic E-state index is 12.1. The molecule has 0 saturated carbocycles. The van der Waals surface area contributed by atoms with Crippen molar-refractivity contribution in [2.24, 2.45) is 0 Å². The van der Waals surface area contributed by atoms with E-state index in [2.05, 4.69) is 4.98 Å². The van der Waals surface area contributed by atoms with Gasteiger partial charge in [0.05, 0.1) is 16.6 Å². The molecule has 1 saturated heterocycles. The minimum Gasteiger partial charge on any atom is -0.478 e. The number of carboxylic acid groups (broad SMARTS) is 1. The number of H-pyrrole nitrogens is 1. The van der Waals surface area contributed by atoms with Crippen LogP contribution in [-0.4, -0.2) is 36.3 Å². The first-order valence-corrected chi connectivity index (χ1v) is 7.88. The number of carboxylic acids is 1. The summed E-state index contributed by atoms with van der Waals surface area (Å²) in [4.78, 5) is 26.0. The number of rotatable bonds is 2. The van der Waals surface area contributed by atoms with Gasteiger partial charge in [0, 0.05) is 28.3 Å². The van der Waals surface area contributed by atoms with E-state index in [1.807, 2.05) is 0 Å². The Kier molecular flexibility index (Phi) is 3.21. The highest BCUT2D eigenvalue weighted by molar-refractivity contribution is 7.85. The highest BCUT2D eigenvalue weighted by Gasteiger charge is 2.24. The van der Waals surface area contributed by atoms with Gasteiger partial charge in [0.1, 0.15) is 0 Å². The first-order valence-electron chi connectivity index (χ1n) is 6.39. The van der Waals surface area contributed by atoms with Gasteiger partial charge >= 0.3 is 11.7 Å². The zero-order chi connectivity index (χ0) is 14.3. The number of aromatic amines is 1. The van der Waals surface area contributed by atoms with Crippen LogP contribution in [0.2, 0.25) is 0 Å². The molecule has 2 N–H and O–H groups in total. The van der Waals surface area contributed by atoms with E-state index in [4.69, 9.17) is 5.11 Å². The van der Waals surface area contributed by atoms with Crippen molar-refractivity contribution >= 4 is 27.8 Å². The van der Waals surface area contributed by atoms with Crippen molar-refractivity contribution in [1.82, 2.24) is 9.55 Å². The van der Waals surface area contributed by atoms with Crippen molar-refractivity contribution in [3.05, 3.63) is 34.2 Å². The molecular formula is C13H14N2O4S. The molecule has 0 amide bonds. The number of imidazole rings is 1. The number of hydrogen-bond donors (Lipinski definition) is 2. The largest absolute Gasteiger partial charge is 0.478 e. The van der Waals surface area contributed by atoms with Crippen LogP contribution in [0, 0.1) is 0 Å². The van der Waals surface area contributed by atoms with Crippen LogP contribution in [0.15, 0.2) is 23.0 Å². The molecule has 2 heterocycles. The second-order valence-electron chi connectivity index (χ2n) is 4.88. The van der Waals surface area contributed by atoms with Crippen molar-refractivity contribution in [3.63, 3.8) is 0 Å². The number of benzene rings is 1. The minimum atomic E-state index is -1.06. The number of nitrogens with one attached hydrogen (secondary N) is 1. The summed E-state index contributed by atoms with van der Waals surface area (Å²) in [6, 6.07) is 4.83. The molecule has 3 rings (SSSR count). The molecule has 20 heavy (non-hydrogen) atoms. The predicted octanol–water partition coefficient (Wildman–Crippen LogP) is 1.11. The molecule has 6 nitrogen and oxygen atoms in total. The van der Waals surface area contributed by atoms with Crippen molar-refractivity contribution in [2.45, 2.75) is 18.9 Å². The Bertz CT molecular complexity index is 751. The topological polar surface area (TPSA) is 92.2 Å². The number of aromatic nitrogens is 2. The van der Waals surface area contributed by atoms with Crippen molar-refractivity contribution in [3.8, 4) is 0 Å². The van der Waals surface area contributed by atoms with Crippen molar-refractivity contribution < 1.29 is 14.1 Å². The number of carbonyl (C=O) groups is 1. The van der Waals surface area contributed by atoms with E-state index in [0.29, 0.717) is 35.4 Å². The standard InChI is InChI=1S/C13H14N2O4S/c16-12(17)9-2-1-3-10-11(9)14-13(18)15(10)8-4-6-20(19)7-5-8/h1-3,8H,4-7H2,(H,14,18)(H,16,17). The predicted molar refractivity (Wildman–Crippen MR) is 75.7 cm³/mol. The smallest absolute Gasteiger partial charge is 0.337 e. The molecular weight excluding hydrogens is 280 g/mol. The molecule has 0 unspecified atom stereocenters. The Morgan fingerprint density at radius 2 is 2.05 bits per heavy atom. The fourth-order valence-corrected chi connectivity index (χ4v) is 4.00. The molecule has 7 heteroatoms. The number of nitrogens with zero attached hydrogens (tertiary/aromatic N) is 1. The summed E-state index contributed by atoms with van der Waals surface area (Å²) in [5.74, 6) is 0.110. The Morgan fingerprint density at radius 3 is 2.70 bits per heavy atom. The lowest BCUT2D eigenvalue weighted by molar-refractivity contribution is 0.0699. The van der Waals surface area contributed by atoms with Gasteiger partial charge < -0.3 is 10.1 Å². The SMILES string of the molecule is O=C(O)c1cccc2c1[nH]c(=O)n2C1CCS(=O)CC1. The molecule has 0 bridgehead atoms. The minimum absolute atomic E-state index is 0.0157. The summed E-state index contributed by atoms with van der Waals surface area (Å²) in [6.07, 6.45) is 1.35. The number of hydrogen-bond acceptors (Lipinski definition) is 3. The fourth-order valence-electron chi connectivity index (χ4n) is 2.73. The van der Waals surface area contributed by atoms with Gasteiger partial charge in [0.2, 0.25) is 0 Å². The van der Waals surface area contributed by atoms with E-state index in [0.717, 1.165) is 0 Å². The molecule has 0 aliphatic carbocycles. The van der Waals surface area contributed by atoms with Crippen LogP contribution in [0.5, 0.6) is 0 Å². The van der Waals surface area contributed by atoms with Gasteiger partial charge in [-0.05, 0) is 25.0 Å². The Labute approximate surface area is 116 Å². The van der Waals surface area contributed by atoms with Crippen LogP contribution in [-0.2, 0) is 10.8 Å². The zero-order valence-electron chi connectivity index (χ0n) is 10.7. The highest BCUT2D eigenvalue weighted by atomic mass is 32.2. The number of aromatic carboxylic acids is 1. The van der Waals surface area contributed by atoms with Crippen molar-refractivity contribution in [1.29, 1.82) is 0 Å². The molecule has 1 aliphatic heterocycles. The lowest BCUT2D eigenvalue weighted by atomic mass is 10.1. The second kappa shape index (κ2) is 4.90. The fraction of sp³-hybridized carbons (Fsp3) is 0.385. The average Bonchev–Trinajstić information content (AvgIpc) is 2.75. The van der Waals surface area contributed by atoms with E-state index in [1.165, 1.54) is 6.07 Å². The first kappa shape index (κ1) is 13.1. The van der Waals surface area contributed by atoms with Gasteiger partial charge in [-0.15, -0.1) is 0 Å². The molecule has 1 aliphatic rings. The van der Waals surface area contributed by atoms with E-state index >= 15 is 0 Å². The highest BCUT2D eigenvalue weighted by Crippen LogP contribution is 2.25. The lowest BCUT2D eigenvalue weighted by Crippen LogP contribution is -2.28. The van der Waals surface area contributed by atoms with Gasteiger partial charge in [-0.3, -0.25) is 8.78 Å². The van der Waals surface area contributed by atoms with Gasteiger partial charge in [-0.1, -0.05) is 6.07 Å². The van der Waals surface area contributed by atoms with Crippen LogP contribution < -0.4 is 5.69 Å². The average molecular weight is 294 g/mol. The van der Waals surface area contributed by atoms with Crippen LogP contribution in [0.3, 0.4) is 0 Å². The molecule has 106 valence electrons. The summed E-state index contributed by atoms with van der Waals surface area (Å²) < 4.78 is 13.0. The summed E-state index contributed by atoms with van der Waals surface area (Å²) in [5.41, 5.74) is 0.758. The molecule has 0 spiro atoms. The molecule has 0 atom stereocenters. The summed E-state index contributed by atoms with van der Waals surface area (Å²) in [6.45, 7) is 0. The van der Waals surface area contributed by atoms with E-state index in [9.17, 15) is 13.8 Å². The lowest BCUT2D eigenvalue weighted by Gasteiger charge is -2.22. The van der Waals surface area contributed by atoms with E-state index in [-0.39, 0.29) is 17.3 Å². The molecule has 2 aromatic rings. The summed E-state index contributed by atoms with van der Waals surface area (Å²) in [7, 11) is -0.794. The quantitative estimate of drug-likeness (QED) is 0.868. The third-order valence-electron chi connectivity index (χ3n) is 3.71. The molecule has 1 fully saturated rings. The molecule has 1 aromatic heterocycles.